The van der Waals surface area contributed by atoms with Crippen molar-refractivity contribution >= 4 is 23.3 Å². The van der Waals surface area contributed by atoms with Crippen molar-refractivity contribution in [3.63, 3.8) is 0 Å². The van der Waals surface area contributed by atoms with E-state index in [1.165, 1.54) is 7.11 Å². The maximum Gasteiger partial charge on any atom is 0.305 e. The van der Waals surface area contributed by atoms with E-state index in [-0.39, 0.29) is 19.2 Å². The molecule has 0 unspecified atom stereocenters. The van der Waals surface area contributed by atoms with Gasteiger partial charge in [0.2, 0.25) is 0 Å². The molecule has 27 heavy (non-hydrogen) atoms. The molecule has 0 radical (unpaired) electrons. The molecule has 2 aromatic rings. The van der Waals surface area contributed by atoms with Crippen LogP contribution in [0.4, 0.5) is 0 Å². The zero-order valence-electron chi connectivity index (χ0n) is 15.8. The molecule has 2 rings (SSSR count). The SMILES string of the molecule is COC(=O)CCC=C(C)c1cccc(SCc2ccc(CO)c(CO)c2)c1. The zero-order chi connectivity index (χ0) is 19.6. The van der Waals surface area contributed by atoms with Crippen molar-refractivity contribution in [3.8, 4) is 0 Å². The lowest BCUT2D eigenvalue weighted by Gasteiger charge is -2.09. The van der Waals surface area contributed by atoms with E-state index in [1.807, 2.05) is 31.2 Å². The fourth-order valence-corrected chi connectivity index (χ4v) is 3.59. The highest BCUT2D eigenvalue weighted by Crippen LogP contribution is 2.27. The molecule has 0 aliphatic rings. The summed E-state index contributed by atoms with van der Waals surface area (Å²) in [5.41, 5.74) is 4.92. The number of allylic oxidation sites excluding steroid dienone is 2. The Hall–Kier alpha value is -2.08. The van der Waals surface area contributed by atoms with Crippen LogP contribution >= 0.6 is 11.8 Å². The Balaban J connectivity index is 2.01. The van der Waals surface area contributed by atoms with Crippen molar-refractivity contribution < 1.29 is 19.7 Å². The summed E-state index contributed by atoms with van der Waals surface area (Å²) in [7, 11) is 1.40. The Labute approximate surface area is 164 Å². The molecule has 0 saturated carbocycles. The summed E-state index contributed by atoms with van der Waals surface area (Å²) in [5.74, 6) is 0.589. The van der Waals surface area contributed by atoms with Crippen molar-refractivity contribution in [1.82, 2.24) is 0 Å². The van der Waals surface area contributed by atoms with Crippen LogP contribution in [0.1, 0.15) is 42.0 Å². The van der Waals surface area contributed by atoms with Crippen LogP contribution in [0.25, 0.3) is 5.57 Å². The number of ether oxygens (including phenoxy) is 1. The van der Waals surface area contributed by atoms with Gasteiger partial charge < -0.3 is 14.9 Å². The number of carbonyl (C=O) groups is 1. The van der Waals surface area contributed by atoms with Crippen molar-refractivity contribution in [2.75, 3.05) is 7.11 Å². The van der Waals surface area contributed by atoms with Gasteiger partial charge in [-0.05, 0) is 53.3 Å². The topological polar surface area (TPSA) is 66.8 Å². The van der Waals surface area contributed by atoms with E-state index >= 15 is 0 Å². The zero-order valence-corrected chi connectivity index (χ0v) is 16.6. The fourth-order valence-electron chi connectivity index (χ4n) is 2.69. The molecule has 0 amide bonds. The third kappa shape index (κ3) is 6.54. The molecule has 0 aliphatic heterocycles. The highest BCUT2D eigenvalue weighted by atomic mass is 32.2. The van der Waals surface area contributed by atoms with Gasteiger partial charge in [-0.3, -0.25) is 4.79 Å². The smallest absolute Gasteiger partial charge is 0.305 e. The first kappa shape index (κ1) is 21.2. The van der Waals surface area contributed by atoms with Crippen molar-refractivity contribution in [2.24, 2.45) is 0 Å². The Kier molecular flexibility index (Phi) is 8.58. The Bertz CT molecular complexity index is 799. The summed E-state index contributed by atoms with van der Waals surface area (Å²) < 4.78 is 4.66. The van der Waals surface area contributed by atoms with E-state index in [9.17, 15) is 15.0 Å². The van der Waals surface area contributed by atoms with Crippen LogP contribution in [0, 0.1) is 0 Å². The van der Waals surface area contributed by atoms with Crippen LogP contribution < -0.4 is 0 Å². The molecule has 0 spiro atoms. The lowest BCUT2D eigenvalue weighted by Crippen LogP contribution is -1.98. The molecule has 0 aliphatic carbocycles. The molecule has 0 bridgehead atoms. The van der Waals surface area contributed by atoms with Gasteiger partial charge in [0.05, 0.1) is 20.3 Å². The predicted molar refractivity (Wildman–Crippen MR) is 109 cm³/mol. The van der Waals surface area contributed by atoms with Crippen LogP contribution in [-0.2, 0) is 28.5 Å². The van der Waals surface area contributed by atoms with E-state index in [0.29, 0.717) is 12.8 Å². The van der Waals surface area contributed by atoms with E-state index in [4.69, 9.17) is 0 Å². The average Bonchev–Trinajstić information content (AvgIpc) is 2.71. The average molecular weight is 387 g/mol. The van der Waals surface area contributed by atoms with Crippen LogP contribution in [0.2, 0.25) is 0 Å². The molecule has 5 heteroatoms. The van der Waals surface area contributed by atoms with Gasteiger partial charge in [0.25, 0.3) is 0 Å². The standard InChI is InChI=1S/C22H26O4S/c1-16(5-3-8-22(25)26-2)18-6-4-7-21(12-18)27-15-17-9-10-19(13-23)20(11-17)14-24/h4-7,9-12,23-24H,3,8,13-15H2,1-2H3. The molecule has 0 saturated heterocycles. The second-order valence-corrected chi connectivity index (χ2v) is 7.29. The van der Waals surface area contributed by atoms with E-state index in [2.05, 4.69) is 29.0 Å². The molecular formula is C22H26O4S. The van der Waals surface area contributed by atoms with Gasteiger partial charge in [0.15, 0.2) is 0 Å². The molecule has 144 valence electrons. The highest BCUT2D eigenvalue weighted by molar-refractivity contribution is 7.98. The fraction of sp³-hybridized carbons (Fsp3) is 0.318. The molecular weight excluding hydrogens is 360 g/mol. The summed E-state index contributed by atoms with van der Waals surface area (Å²) in [6.07, 6.45) is 3.11. The van der Waals surface area contributed by atoms with Crippen LogP contribution in [-0.4, -0.2) is 23.3 Å². The number of esters is 1. The number of methoxy groups -OCH3 is 1. The number of aliphatic hydroxyl groups excluding tert-OH is 2. The number of hydrogen-bond acceptors (Lipinski definition) is 5. The monoisotopic (exact) mass is 386 g/mol. The normalized spacial score (nSPS) is 11.5. The number of carbonyl (C=O) groups excluding carboxylic acids is 1. The minimum Gasteiger partial charge on any atom is -0.469 e. The number of rotatable bonds is 9. The third-order valence-corrected chi connectivity index (χ3v) is 5.40. The van der Waals surface area contributed by atoms with E-state index < -0.39 is 0 Å². The van der Waals surface area contributed by atoms with Gasteiger partial charge in [-0.1, -0.05) is 36.4 Å². The van der Waals surface area contributed by atoms with E-state index in [0.717, 1.165) is 38.5 Å². The molecule has 2 aromatic carbocycles. The first-order chi connectivity index (χ1) is 13.1. The summed E-state index contributed by atoms with van der Waals surface area (Å²) in [6.45, 7) is 1.91. The molecule has 0 aromatic heterocycles. The lowest BCUT2D eigenvalue weighted by atomic mass is 10.1. The predicted octanol–water partition coefficient (Wildman–Crippen LogP) is 4.32. The summed E-state index contributed by atoms with van der Waals surface area (Å²) in [6, 6.07) is 14.1. The summed E-state index contributed by atoms with van der Waals surface area (Å²) in [4.78, 5) is 12.4. The largest absolute Gasteiger partial charge is 0.469 e. The number of hydrogen-bond donors (Lipinski definition) is 2. The lowest BCUT2D eigenvalue weighted by molar-refractivity contribution is -0.140. The first-order valence-electron chi connectivity index (χ1n) is 8.86. The van der Waals surface area contributed by atoms with Gasteiger partial charge in [0.1, 0.15) is 0 Å². The Morgan fingerprint density at radius 3 is 2.59 bits per heavy atom. The van der Waals surface area contributed by atoms with Crippen molar-refractivity contribution in [1.29, 1.82) is 0 Å². The molecule has 0 atom stereocenters. The van der Waals surface area contributed by atoms with Crippen molar-refractivity contribution in [2.45, 2.75) is 43.6 Å². The molecule has 2 N–H and O–H groups in total. The Morgan fingerprint density at radius 1 is 1.11 bits per heavy atom. The maximum absolute atomic E-state index is 11.2. The first-order valence-corrected chi connectivity index (χ1v) is 9.85. The van der Waals surface area contributed by atoms with Crippen LogP contribution in [0.15, 0.2) is 53.4 Å². The van der Waals surface area contributed by atoms with Gasteiger partial charge in [-0.25, -0.2) is 0 Å². The molecule has 0 heterocycles. The number of benzene rings is 2. The molecule has 0 fully saturated rings. The minimum absolute atomic E-state index is 0.0625. The Morgan fingerprint density at radius 2 is 1.89 bits per heavy atom. The minimum atomic E-state index is -0.196. The van der Waals surface area contributed by atoms with Gasteiger partial charge in [-0.2, -0.15) is 0 Å². The van der Waals surface area contributed by atoms with Gasteiger partial charge in [0, 0.05) is 17.1 Å². The third-order valence-electron chi connectivity index (χ3n) is 4.33. The van der Waals surface area contributed by atoms with Crippen molar-refractivity contribution in [3.05, 3.63) is 70.8 Å². The van der Waals surface area contributed by atoms with Gasteiger partial charge in [-0.15, -0.1) is 11.8 Å². The quantitative estimate of drug-likeness (QED) is 0.496. The second kappa shape index (κ2) is 10.9. The second-order valence-electron chi connectivity index (χ2n) is 6.24. The number of thioether (sulfide) groups is 1. The van der Waals surface area contributed by atoms with Crippen LogP contribution in [0.5, 0.6) is 0 Å². The van der Waals surface area contributed by atoms with Gasteiger partial charge >= 0.3 is 5.97 Å². The van der Waals surface area contributed by atoms with E-state index in [1.54, 1.807) is 11.8 Å². The molecule has 4 nitrogen and oxygen atoms in total. The summed E-state index contributed by atoms with van der Waals surface area (Å²) >= 11 is 1.72. The summed E-state index contributed by atoms with van der Waals surface area (Å²) in [5, 5.41) is 18.7. The maximum atomic E-state index is 11.2. The highest BCUT2D eigenvalue weighted by Gasteiger charge is 2.05. The number of aliphatic hydroxyl groups is 2. The van der Waals surface area contributed by atoms with Crippen LogP contribution in [0.3, 0.4) is 0 Å².